The molecule has 1 aromatic carbocycles. The lowest BCUT2D eigenvalue weighted by molar-refractivity contribution is 0.114. The van der Waals surface area contributed by atoms with Crippen molar-refractivity contribution in [2.24, 2.45) is 5.10 Å². The highest BCUT2D eigenvalue weighted by Gasteiger charge is 2.15. The molecule has 0 bridgehead atoms. The van der Waals surface area contributed by atoms with E-state index in [9.17, 15) is 5.11 Å². The van der Waals surface area contributed by atoms with E-state index in [1.807, 2.05) is 19.1 Å². The molecule has 0 unspecified atom stereocenters. The summed E-state index contributed by atoms with van der Waals surface area (Å²) in [6.45, 7) is 10.3. The maximum atomic E-state index is 10.1. The minimum absolute atomic E-state index is 0.236. The molecule has 0 saturated carbocycles. The third-order valence-corrected chi connectivity index (χ3v) is 4.86. The van der Waals surface area contributed by atoms with Crippen molar-refractivity contribution >= 4 is 23.0 Å². The van der Waals surface area contributed by atoms with Crippen LogP contribution in [0.3, 0.4) is 0 Å². The van der Waals surface area contributed by atoms with Gasteiger partial charge in [-0.2, -0.15) is 5.10 Å². The number of hydrogen-bond donors (Lipinski definition) is 3. The zero-order valence-corrected chi connectivity index (χ0v) is 16.7. The summed E-state index contributed by atoms with van der Waals surface area (Å²) in [5.41, 5.74) is 5.55. The van der Waals surface area contributed by atoms with Gasteiger partial charge in [-0.25, -0.2) is 0 Å². The van der Waals surface area contributed by atoms with Crippen molar-refractivity contribution in [2.45, 2.75) is 46.3 Å². The average molecular weight is 379 g/mol. The maximum absolute atomic E-state index is 10.1. The molecule has 0 radical (unpaired) electrons. The number of benzene rings is 1. The molecule has 1 heterocycles. The topological polar surface area (TPSA) is 69.1 Å². The lowest BCUT2D eigenvalue weighted by Crippen LogP contribution is -2.37. The van der Waals surface area contributed by atoms with Gasteiger partial charge in [0, 0.05) is 25.3 Å². The van der Waals surface area contributed by atoms with Crippen molar-refractivity contribution in [1.29, 1.82) is 0 Å². The smallest absolute Gasteiger partial charge is 0.187 e. The summed E-state index contributed by atoms with van der Waals surface area (Å²) in [4.78, 5) is 2.26. The highest BCUT2D eigenvalue weighted by molar-refractivity contribution is 7.80. The molecule has 7 heteroatoms. The molecular weight excluding hydrogens is 348 g/mol. The lowest BCUT2D eigenvalue weighted by Gasteiger charge is -2.19. The fourth-order valence-electron chi connectivity index (χ4n) is 2.88. The number of ether oxygens (including phenoxy) is 1. The number of nitrogens with zero attached hydrogens (tertiary/aromatic N) is 2. The van der Waals surface area contributed by atoms with Crippen molar-refractivity contribution in [2.75, 3.05) is 26.2 Å². The van der Waals surface area contributed by atoms with Crippen LogP contribution in [0.4, 0.5) is 0 Å². The predicted molar refractivity (Wildman–Crippen MR) is 110 cm³/mol. The fraction of sp³-hybridized carbons (Fsp3) is 0.579. The van der Waals surface area contributed by atoms with Crippen LogP contribution in [0.25, 0.3) is 0 Å². The largest absolute Gasteiger partial charge is 0.508 e. The SMILES string of the molecule is CCN(CC)Cc1cc(/C(C)=N/NC(=S)NC[C@H]2CCCO2)ccc1O. The lowest BCUT2D eigenvalue weighted by atomic mass is 10.1. The van der Waals surface area contributed by atoms with Gasteiger partial charge in [0.05, 0.1) is 11.8 Å². The van der Waals surface area contributed by atoms with Crippen LogP contribution in [-0.4, -0.2) is 53.2 Å². The number of phenols is 1. The summed E-state index contributed by atoms with van der Waals surface area (Å²) in [6, 6.07) is 5.57. The van der Waals surface area contributed by atoms with E-state index >= 15 is 0 Å². The second kappa shape index (κ2) is 10.4. The van der Waals surface area contributed by atoms with Crippen LogP contribution in [0.15, 0.2) is 23.3 Å². The van der Waals surface area contributed by atoms with E-state index in [2.05, 4.69) is 34.6 Å². The zero-order valence-electron chi connectivity index (χ0n) is 15.9. The molecule has 0 spiro atoms. The van der Waals surface area contributed by atoms with Gasteiger partial charge in [-0.3, -0.25) is 10.3 Å². The molecule has 144 valence electrons. The predicted octanol–water partition coefficient (Wildman–Crippen LogP) is 2.60. The van der Waals surface area contributed by atoms with Gasteiger partial charge < -0.3 is 15.2 Å². The second-order valence-corrected chi connectivity index (χ2v) is 6.87. The number of hydrogen-bond acceptors (Lipinski definition) is 5. The number of nitrogens with one attached hydrogen (secondary N) is 2. The molecule has 6 nitrogen and oxygen atoms in total. The van der Waals surface area contributed by atoms with Gasteiger partial charge in [0.25, 0.3) is 0 Å². The first-order valence-electron chi connectivity index (χ1n) is 9.27. The van der Waals surface area contributed by atoms with Crippen LogP contribution in [0, 0.1) is 0 Å². The highest BCUT2D eigenvalue weighted by Crippen LogP contribution is 2.21. The summed E-state index contributed by atoms with van der Waals surface area (Å²) < 4.78 is 5.56. The number of hydrazone groups is 1. The molecule has 1 saturated heterocycles. The normalized spacial score (nSPS) is 17.5. The molecule has 1 fully saturated rings. The van der Waals surface area contributed by atoms with Gasteiger partial charge in [0.15, 0.2) is 5.11 Å². The Balaban J connectivity index is 1.93. The van der Waals surface area contributed by atoms with Crippen LogP contribution in [0.5, 0.6) is 5.75 Å². The third kappa shape index (κ3) is 6.23. The molecular formula is C19H30N4O2S. The minimum Gasteiger partial charge on any atom is -0.508 e. The summed E-state index contributed by atoms with van der Waals surface area (Å²) >= 11 is 5.26. The second-order valence-electron chi connectivity index (χ2n) is 6.46. The maximum Gasteiger partial charge on any atom is 0.187 e. The highest BCUT2D eigenvalue weighted by atomic mass is 32.1. The summed E-state index contributed by atoms with van der Waals surface area (Å²) in [5.74, 6) is 0.315. The fourth-order valence-corrected chi connectivity index (χ4v) is 3.00. The van der Waals surface area contributed by atoms with Crippen molar-refractivity contribution in [3.63, 3.8) is 0 Å². The number of aromatic hydroxyl groups is 1. The zero-order chi connectivity index (χ0) is 18.9. The van der Waals surface area contributed by atoms with E-state index in [-0.39, 0.29) is 6.10 Å². The van der Waals surface area contributed by atoms with Crippen molar-refractivity contribution in [3.05, 3.63) is 29.3 Å². The van der Waals surface area contributed by atoms with Crippen molar-refractivity contribution in [1.82, 2.24) is 15.6 Å². The van der Waals surface area contributed by atoms with Gasteiger partial charge >= 0.3 is 0 Å². The molecule has 1 aromatic rings. The van der Waals surface area contributed by atoms with Gasteiger partial charge in [-0.15, -0.1) is 0 Å². The average Bonchev–Trinajstić information content (AvgIpc) is 3.17. The van der Waals surface area contributed by atoms with E-state index in [0.29, 0.717) is 17.4 Å². The van der Waals surface area contributed by atoms with Crippen LogP contribution in [0.1, 0.15) is 44.7 Å². The molecule has 0 aliphatic carbocycles. The first-order chi connectivity index (χ1) is 12.5. The molecule has 3 N–H and O–H groups in total. The Kier molecular flexibility index (Phi) is 8.28. The number of rotatable bonds is 8. The van der Waals surface area contributed by atoms with Gasteiger partial charge in [0.2, 0.25) is 0 Å². The Morgan fingerprint density at radius 1 is 1.38 bits per heavy atom. The summed E-state index contributed by atoms with van der Waals surface area (Å²) in [6.07, 6.45) is 2.42. The van der Waals surface area contributed by atoms with Crippen LogP contribution >= 0.6 is 12.2 Å². The van der Waals surface area contributed by atoms with E-state index in [0.717, 1.165) is 55.9 Å². The Labute approximate surface area is 161 Å². The van der Waals surface area contributed by atoms with Crippen molar-refractivity contribution < 1.29 is 9.84 Å². The van der Waals surface area contributed by atoms with Crippen molar-refractivity contribution in [3.8, 4) is 5.75 Å². The van der Waals surface area contributed by atoms with E-state index in [4.69, 9.17) is 17.0 Å². The van der Waals surface area contributed by atoms with Gasteiger partial charge in [0.1, 0.15) is 5.75 Å². The molecule has 0 amide bonds. The minimum atomic E-state index is 0.236. The first kappa shape index (κ1) is 20.6. The van der Waals surface area contributed by atoms with Crippen LogP contribution in [-0.2, 0) is 11.3 Å². The molecule has 26 heavy (non-hydrogen) atoms. The van der Waals surface area contributed by atoms with Gasteiger partial charge in [-0.1, -0.05) is 13.8 Å². The Morgan fingerprint density at radius 3 is 2.81 bits per heavy atom. The van der Waals surface area contributed by atoms with E-state index in [1.165, 1.54) is 0 Å². The molecule has 1 aliphatic heterocycles. The van der Waals surface area contributed by atoms with E-state index in [1.54, 1.807) is 6.07 Å². The Morgan fingerprint density at radius 2 is 2.15 bits per heavy atom. The van der Waals surface area contributed by atoms with Crippen LogP contribution < -0.4 is 10.7 Å². The van der Waals surface area contributed by atoms with Gasteiger partial charge in [-0.05, 0) is 68.8 Å². The Hall–Kier alpha value is -1.70. The molecule has 0 aromatic heterocycles. The summed E-state index contributed by atoms with van der Waals surface area (Å²) in [5, 5.41) is 18.1. The number of thiocarbonyl (C=S) groups is 1. The quantitative estimate of drug-likeness (QED) is 0.367. The standard InChI is InChI=1S/C19H30N4O2S/c1-4-23(5-2)13-16-11-15(8-9-18(16)24)14(3)21-22-19(26)20-12-17-7-6-10-25-17/h8-9,11,17,24H,4-7,10,12-13H2,1-3H3,(H2,20,22,26)/b21-14+/t17-/m1/s1. The Bertz CT molecular complexity index is 626. The summed E-state index contributed by atoms with van der Waals surface area (Å²) in [7, 11) is 0. The van der Waals surface area contributed by atoms with E-state index < -0.39 is 0 Å². The van der Waals surface area contributed by atoms with Crippen LogP contribution in [0.2, 0.25) is 0 Å². The molecule has 2 rings (SSSR count). The number of phenolic OH excluding ortho intramolecular Hbond substituents is 1. The third-order valence-electron chi connectivity index (χ3n) is 4.63. The monoisotopic (exact) mass is 378 g/mol. The molecule has 1 atom stereocenters. The molecule has 1 aliphatic rings. The first-order valence-corrected chi connectivity index (χ1v) is 9.68.